The zero-order valence-electron chi connectivity index (χ0n) is 4.94. The van der Waals surface area contributed by atoms with Gasteiger partial charge in [-0.15, -0.1) is 0 Å². The number of alkyl halides is 1. The number of hydrogen-bond acceptors (Lipinski definition) is 1. The van der Waals surface area contributed by atoms with Gasteiger partial charge in [0.25, 0.3) is 0 Å². The molecule has 0 aliphatic rings. The maximum atomic E-state index is 10.2. The average molecular weight is 256 g/mol. The molecule has 1 nitrogen and oxygen atoms in total. The van der Waals surface area contributed by atoms with Crippen LogP contribution in [0, 0.1) is 0 Å². The summed E-state index contributed by atoms with van der Waals surface area (Å²) < 4.78 is -0.0583. The highest BCUT2D eigenvalue weighted by molar-refractivity contribution is 9.18. The first-order valence-electron chi connectivity index (χ1n) is 2.69. The topological polar surface area (TPSA) is 17.1 Å². The number of carbonyl (C=O) groups excluding carboxylic acids is 1. The molecule has 52 valence electrons. The monoisotopic (exact) mass is 254 g/mol. The molecular formula is C6H8Br2O. The fraction of sp³-hybridized carbons (Fsp3) is 0.500. The average Bonchev–Trinajstić information content (AvgIpc) is 1.80. The highest BCUT2D eigenvalue weighted by Gasteiger charge is 1.83. The molecule has 0 rings (SSSR count). The number of hydrogen-bond donors (Lipinski definition) is 0. The van der Waals surface area contributed by atoms with Gasteiger partial charge in [0, 0.05) is 5.33 Å². The van der Waals surface area contributed by atoms with Gasteiger partial charge in [-0.05, 0) is 34.8 Å². The van der Waals surface area contributed by atoms with Gasteiger partial charge in [0.1, 0.15) is 0 Å². The van der Waals surface area contributed by atoms with Crippen LogP contribution in [0.25, 0.3) is 0 Å². The molecule has 0 saturated heterocycles. The number of allylic oxidation sites excluding steroid dienone is 2. The second kappa shape index (κ2) is 6.49. The Kier molecular flexibility index (Phi) is 6.76. The Bertz CT molecular complexity index is 110. The van der Waals surface area contributed by atoms with E-state index in [1.54, 1.807) is 0 Å². The van der Waals surface area contributed by atoms with E-state index in [-0.39, 0.29) is 4.69 Å². The van der Waals surface area contributed by atoms with E-state index in [2.05, 4.69) is 31.9 Å². The van der Waals surface area contributed by atoms with Crippen LogP contribution < -0.4 is 0 Å². The van der Waals surface area contributed by atoms with Crippen LogP contribution in [0.1, 0.15) is 12.8 Å². The molecule has 0 saturated carbocycles. The minimum absolute atomic E-state index is 0.0583. The van der Waals surface area contributed by atoms with Crippen molar-refractivity contribution in [1.29, 1.82) is 0 Å². The molecule has 0 fully saturated rings. The summed E-state index contributed by atoms with van der Waals surface area (Å²) in [5.74, 6) is 0. The van der Waals surface area contributed by atoms with Crippen molar-refractivity contribution < 1.29 is 4.79 Å². The Hall–Kier alpha value is 0.370. The third-order valence-electron chi connectivity index (χ3n) is 0.753. The van der Waals surface area contributed by atoms with E-state index < -0.39 is 0 Å². The Morgan fingerprint density at radius 2 is 2.22 bits per heavy atom. The predicted octanol–water partition coefficient (Wildman–Crippen LogP) is 2.64. The van der Waals surface area contributed by atoms with E-state index in [9.17, 15) is 4.79 Å². The lowest BCUT2D eigenvalue weighted by molar-refractivity contribution is -0.106. The fourth-order valence-electron chi connectivity index (χ4n) is 0.371. The SMILES string of the molecule is O=C(Br)/C=C/CCCBr. The van der Waals surface area contributed by atoms with E-state index in [1.165, 1.54) is 6.08 Å². The van der Waals surface area contributed by atoms with Crippen LogP contribution in [0.5, 0.6) is 0 Å². The quantitative estimate of drug-likeness (QED) is 0.327. The van der Waals surface area contributed by atoms with Crippen LogP contribution in [0.15, 0.2) is 12.2 Å². The Morgan fingerprint density at radius 1 is 1.56 bits per heavy atom. The van der Waals surface area contributed by atoms with Gasteiger partial charge in [-0.25, -0.2) is 0 Å². The Morgan fingerprint density at radius 3 is 2.67 bits per heavy atom. The summed E-state index contributed by atoms with van der Waals surface area (Å²) in [6.07, 6.45) is 5.43. The van der Waals surface area contributed by atoms with Crippen molar-refractivity contribution in [3.8, 4) is 0 Å². The fourth-order valence-corrected chi connectivity index (χ4v) is 0.882. The standard InChI is InChI=1S/C6H8Br2O/c7-5-3-1-2-4-6(8)9/h2,4H,1,3,5H2/b4-2+. The molecule has 0 amide bonds. The Balaban J connectivity index is 3.15. The zero-order chi connectivity index (χ0) is 7.11. The lowest BCUT2D eigenvalue weighted by Crippen LogP contribution is -1.75. The number of halogens is 2. The minimum Gasteiger partial charge on any atom is -0.282 e. The highest BCUT2D eigenvalue weighted by Crippen LogP contribution is 1.96. The summed E-state index contributed by atoms with van der Waals surface area (Å²) in [6, 6.07) is 0. The van der Waals surface area contributed by atoms with Gasteiger partial charge in [0.15, 0.2) is 0 Å². The second-order valence-corrected chi connectivity index (χ2v) is 3.11. The molecular weight excluding hydrogens is 248 g/mol. The van der Waals surface area contributed by atoms with Crippen molar-refractivity contribution in [2.24, 2.45) is 0 Å². The summed E-state index contributed by atoms with van der Waals surface area (Å²) >= 11 is 6.08. The summed E-state index contributed by atoms with van der Waals surface area (Å²) in [5.41, 5.74) is 0. The van der Waals surface area contributed by atoms with Crippen molar-refractivity contribution in [2.75, 3.05) is 5.33 Å². The van der Waals surface area contributed by atoms with Crippen molar-refractivity contribution in [2.45, 2.75) is 12.8 Å². The summed E-state index contributed by atoms with van der Waals surface area (Å²) in [4.78, 5) is 10.2. The van der Waals surface area contributed by atoms with Gasteiger partial charge in [-0.1, -0.05) is 22.0 Å². The van der Waals surface area contributed by atoms with Crippen LogP contribution in [0.3, 0.4) is 0 Å². The van der Waals surface area contributed by atoms with E-state index in [4.69, 9.17) is 0 Å². The molecule has 9 heavy (non-hydrogen) atoms. The zero-order valence-corrected chi connectivity index (χ0v) is 8.11. The molecule has 0 unspecified atom stereocenters. The highest BCUT2D eigenvalue weighted by atomic mass is 79.9. The molecule has 0 radical (unpaired) electrons. The number of rotatable bonds is 4. The van der Waals surface area contributed by atoms with Crippen LogP contribution in [-0.2, 0) is 4.79 Å². The van der Waals surface area contributed by atoms with Crippen LogP contribution in [0.4, 0.5) is 0 Å². The van der Waals surface area contributed by atoms with E-state index in [0.29, 0.717) is 0 Å². The lowest BCUT2D eigenvalue weighted by atomic mass is 10.3. The second-order valence-electron chi connectivity index (χ2n) is 1.54. The van der Waals surface area contributed by atoms with Gasteiger partial charge < -0.3 is 0 Å². The molecule has 0 aromatic heterocycles. The third kappa shape index (κ3) is 8.37. The van der Waals surface area contributed by atoms with Crippen LogP contribution in [-0.4, -0.2) is 10.0 Å². The van der Waals surface area contributed by atoms with Gasteiger partial charge in [0.05, 0.1) is 0 Å². The molecule has 0 heterocycles. The molecule has 0 aliphatic carbocycles. The summed E-state index contributed by atoms with van der Waals surface area (Å²) in [7, 11) is 0. The molecule has 3 heteroatoms. The molecule has 0 spiro atoms. The van der Waals surface area contributed by atoms with Crippen LogP contribution in [0.2, 0.25) is 0 Å². The first-order valence-corrected chi connectivity index (χ1v) is 4.61. The van der Waals surface area contributed by atoms with Gasteiger partial charge >= 0.3 is 0 Å². The largest absolute Gasteiger partial charge is 0.282 e. The van der Waals surface area contributed by atoms with Crippen molar-refractivity contribution >= 4 is 36.6 Å². The number of unbranched alkanes of at least 4 members (excludes halogenated alkanes) is 1. The lowest BCUT2D eigenvalue weighted by Gasteiger charge is -1.83. The molecule has 0 bridgehead atoms. The maximum Gasteiger partial charge on any atom is 0.220 e. The first-order chi connectivity index (χ1) is 4.27. The summed E-state index contributed by atoms with van der Waals surface area (Å²) in [6.45, 7) is 0. The smallest absolute Gasteiger partial charge is 0.220 e. The maximum absolute atomic E-state index is 10.2. The van der Waals surface area contributed by atoms with Crippen molar-refractivity contribution in [3.63, 3.8) is 0 Å². The van der Waals surface area contributed by atoms with Crippen LogP contribution >= 0.6 is 31.9 Å². The van der Waals surface area contributed by atoms with E-state index >= 15 is 0 Å². The molecule has 0 atom stereocenters. The molecule has 0 aliphatic heterocycles. The first kappa shape index (κ1) is 9.37. The normalized spacial score (nSPS) is 10.4. The summed E-state index contributed by atoms with van der Waals surface area (Å²) in [5, 5.41) is 0.994. The van der Waals surface area contributed by atoms with Gasteiger partial charge in [-0.2, -0.15) is 0 Å². The predicted molar refractivity (Wildman–Crippen MR) is 46.1 cm³/mol. The van der Waals surface area contributed by atoms with Crippen molar-refractivity contribution in [1.82, 2.24) is 0 Å². The molecule has 0 aromatic rings. The van der Waals surface area contributed by atoms with Gasteiger partial charge in [-0.3, -0.25) is 4.79 Å². The minimum atomic E-state index is -0.0583. The van der Waals surface area contributed by atoms with Crippen molar-refractivity contribution in [3.05, 3.63) is 12.2 Å². The molecule has 0 N–H and O–H groups in total. The van der Waals surface area contributed by atoms with E-state index in [0.717, 1.165) is 18.2 Å². The number of carbonyl (C=O) groups is 1. The van der Waals surface area contributed by atoms with E-state index in [1.807, 2.05) is 6.08 Å². The molecule has 0 aromatic carbocycles. The third-order valence-corrected chi connectivity index (χ3v) is 1.58. The van der Waals surface area contributed by atoms with Gasteiger partial charge in [0.2, 0.25) is 4.69 Å². The Labute approximate surface area is 71.8 Å².